The van der Waals surface area contributed by atoms with Crippen molar-refractivity contribution in [3.8, 4) is 0 Å². The lowest BCUT2D eigenvalue weighted by Crippen LogP contribution is -2.45. The Morgan fingerprint density at radius 1 is 1.15 bits per heavy atom. The van der Waals surface area contributed by atoms with Gasteiger partial charge in [-0.1, -0.05) is 18.2 Å². The molecule has 0 aliphatic carbocycles. The van der Waals surface area contributed by atoms with Gasteiger partial charge in [-0.25, -0.2) is 4.39 Å². The van der Waals surface area contributed by atoms with Gasteiger partial charge in [-0.3, -0.25) is 9.59 Å². The summed E-state index contributed by atoms with van der Waals surface area (Å²) in [4.78, 5) is 24.8. The van der Waals surface area contributed by atoms with Gasteiger partial charge in [0.2, 0.25) is 0 Å². The van der Waals surface area contributed by atoms with E-state index < -0.39 is 11.7 Å². The van der Waals surface area contributed by atoms with Crippen LogP contribution in [0.5, 0.6) is 0 Å². The summed E-state index contributed by atoms with van der Waals surface area (Å²) >= 11 is 0. The van der Waals surface area contributed by atoms with E-state index in [0.717, 1.165) is 31.5 Å². The molecule has 1 fully saturated rings. The van der Waals surface area contributed by atoms with E-state index in [4.69, 9.17) is 0 Å². The fraction of sp³-hybridized carbons (Fsp3) is 0.300. The number of amides is 2. The molecule has 1 saturated heterocycles. The number of carbonyl (C=O) groups is 2. The minimum Gasteiger partial charge on any atom is -0.348 e. The average molecular weight is 392 g/mol. The van der Waals surface area contributed by atoms with Crippen molar-refractivity contribution in [1.82, 2.24) is 10.6 Å². The molecular formula is C20H23ClFN3O2. The van der Waals surface area contributed by atoms with Gasteiger partial charge in [-0.05, 0) is 56.1 Å². The number of piperidine rings is 1. The molecule has 1 unspecified atom stereocenters. The normalized spacial score (nSPS) is 16.1. The molecule has 0 radical (unpaired) electrons. The molecule has 0 spiro atoms. The standard InChI is InChI=1S/C20H22FN3O2.ClH/c1-13-8-9-14(19(25)23-15-5-4-10-22-12-15)11-18(13)24-20(26)16-6-2-3-7-17(16)21;/h2-3,6-9,11,15,22H,4-5,10,12H2,1H3,(H,23,25)(H,24,26);1H. The number of anilines is 1. The quantitative estimate of drug-likeness (QED) is 0.749. The van der Waals surface area contributed by atoms with Gasteiger partial charge in [0.25, 0.3) is 11.8 Å². The Morgan fingerprint density at radius 2 is 1.93 bits per heavy atom. The SMILES string of the molecule is Cc1ccc(C(=O)NC2CCCNC2)cc1NC(=O)c1ccccc1F.Cl. The van der Waals surface area contributed by atoms with E-state index in [1.165, 1.54) is 18.2 Å². The third kappa shape index (κ3) is 5.28. The lowest BCUT2D eigenvalue weighted by molar-refractivity contribution is 0.0929. The van der Waals surface area contributed by atoms with Gasteiger partial charge in [0.05, 0.1) is 5.56 Å². The Kier molecular flexibility index (Phi) is 7.33. The summed E-state index contributed by atoms with van der Waals surface area (Å²) < 4.78 is 13.8. The van der Waals surface area contributed by atoms with Crippen LogP contribution in [0.25, 0.3) is 0 Å². The van der Waals surface area contributed by atoms with Crippen molar-refractivity contribution in [2.75, 3.05) is 18.4 Å². The Hall–Kier alpha value is -2.44. The first kappa shape index (κ1) is 20.9. The maximum absolute atomic E-state index is 13.8. The molecule has 144 valence electrons. The third-order valence-electron chi connectivity index (χ3n) is 4.50. The molecule has 5 nitrogen and oxygen atoms in total. The van der Waals surface area contributed by atoms with Crippen molar-refractivity contribution in [1.29, 1.82) is 0 Å². The second-order valence-corrected chi connectivity index (χ2v) is 6.48. The monoisotopic (exact) mass is 391 g/mol. The molecule has 3 rings (SSSR count). The molecule has 0 saturated carbocycles. The van der Waals surface area contributed by atoms with Crippen molar-refractivity contribution in [3.05, 3.63) is 65.0 Å². The van der Waals surface area contributed by atoms with Gasteiger partial charge in [0.15, 0.2) is 0 Å². The summed E-state index contributed by atoms with van der Waals surface area (Å²) in [6.45, 7) is 3.56. The van der Waals surface area contributed by atoms with Gasteiger partial charge < -0.3 is 16.0 Å². The Bertz CT molecular complexity index is 823. The highest BCUT2D eigenvalue weighted by Crippen LogP contribution is 2.19. The molecule has 0 bridgehead atoms. The zero-order valence-electron chi connectivity index (χ0n) is 15.0. The van der Waals surface area contributed by atoms with Crippen LogP contribution in [0, 0.1) is 12.7 Å². The number of nitrogens with one attached hydrogen (secondary N) is 3. The molecule has 2 aromatic carbocycles. The molecule has 1 aliphatic rings. The fourth-order valence-electron chi connectivity index (χ4n) is 2.98. The maximum atomic E-state index is 13.8. The minimum absolute atomic E-state index is 0. The van der Waals surface area contributed by atoms with E-state index in [1.54, 1.807) is 24.3 Å². The first-order chi connectivity index (χ1) is 12.5. The lowest BCUT2D eigenvalue weighted by Gasteiger charge is -2.24. The van der Waals surface area contributed by atoms with Gasteiger partial charge in [0, 0.05) is 23.8 Å². The summed E-state index contributed by atoms with van der Waals surface area (Å²) in [7, 11) is 0. The second kappa shape index (κ2) is 9.48. The molecule has 0 aromatic heterocycles. The number of aryl methyl sites for hydroxylation is 1. The molecule has 3 N–H and O–H groups in total. The molecular weight excluding hydrogens is 369 g/mol. The second-order valence-electron chi connectivity index (χ2n) is 6.48. The van der Waals surface area contributed by atoms with Crippen LogP contribution in [0.3, 0.4) is 0 Å². The average Bonchev–Trinajstić information content (AvgIpc) is 2.64. The van der Waals surface area contributed by atoms with E-state index in [1.807, 2.05) is 6.92 Å². The van der Waals surface area contributed by atoms with E-state index >= 15 is 0 Å². The summed E-state index contributed by atoms with van der Waals surface area (Å²) in [6, 6.07) is 11.0. The van der Waals surface area contributed by atoms with Crippen molar-refractivity contribution in [3.63, 3.8) is 0 Å². The highest BCUT2D eigenvalue weighted by atomic mass is 35.5. The minimum atomic E-state index is -0.582. The van der Waals surface area contributed by atoms with Crippen molar-refractivity contribution < 1.29 is 14.0 Å². The summed E-state index contributed by atoms with van der Waals surface area (Å²) in [5.41, 5.74) is 1.72. The number of hydrogen-bond donors (Lipinski definition) is 3. The molecule has 1 aliphatic heterocycles. The molecule has 2 aromatic rings. The Morgan fingerprint density at radius 3 is 2.63 bits per heavy atom. The van der Waals surface area contributed by atoms with E-state index in [-0.39, 0.29) is 29.9 Å². The molecule has 7 heteroatoms. The Labute approximate surface area is 164 Å². The largest absolute Gasteiger partial charge is 0.348 e. The van der Waals surface area contributed by atoms with Crippen LogP contribution >= 0.6 is 12.4 Å². The van der Waals surface area contributed by atoms with Crippen LogP contribution in [0.15, 0.2) is 42.5 Å². The Balaban J connectivity index is 0.00000261. The van der Waals surface area contributed by atoms with E-state index in [9.17, 15) is 14.0 Å². The topological polar surface area (TPSA) is 70.2 Å². The first-order valence-corrected chi connectivity index (χ1v) is 8.72. The fourth-order valence-corrected chi connectivity index (χ4v) is 2.98. The predicted molar refractivity (Wildman–Crippen MR) is 106 cm³/mol. The van der Waals surface area contributed by atoms with Crippen molar-refractivity contribution >= 4 is 29.9 Å². The van der Waals surface area contributed by atoms with Crippen molar-refractivity contribution in [2.45, 2.75) is 25.8 Å². The van der Waals surface area contributed by atoms with E-state index in [0.29, 0.717) is 11.3 Å². The third-order valence-corrected chi connectivity index (χ3v) is 4.50. The number of rotatable bonds is 4. The van der Waals surface area contributed by atoms with Gasteiger partial charge in [-0.15, -0.1) is 12.4 Å². The highest BCUT2D eigenvalue weighted by Gasteiger charge is 2.18. The molecule has 1 atom stereocenters. The van der Waals surface area contributed by atoms with Crippen LogP contribution < -0.4 is 16.0 Å². The summed E-state index contributed by atoms with van der Waals surface area (Å²) in [5.74, 6) is -1.30. The zero-order valence-corrected chi connectivity index (χ0v) is 15.9. The van der Waals surface area contributed by atoms with E-state index in [2.05, 4.69) is 16.0 Å². The molecule has 1 heterocycles. The molecule has 27 heavy (non-hydrogen) atoms. The smallest absolute Gasteiger partial charge is 0.258 e. The predicted octanol–water partition coefficient (Wildman–Crippen LogP) is 3.29. The summed E-state index contributed by atoms with van der Waals surface area (Å²) in [5, 5.41) is 8.95. The van der Waals surface area contributed by atoms with Gasteiger partial charge in [0.1, 0.15) is 5.82 Å². The van der Waals surface area contributed by atoms with Crippen molar-refractivity contribution in [2.24, 2.45) is 0 Å². The first-order valence-electron chi connectivity index (χ1n) is 8.72. The number of hydrogen-bond acceptors (Lipinski definition) is 3. The zero-order chi connectivity index (χ0) is 18.5. The number of carbonyl (C=O) groups excluding carboxylic acids is 2. The number of benzene rings is 2. The summed E-state index contributed by atoms with van der Waals surface area (Å²) in [6.07, 6.45) is 1.98. The van der Waals surface area contributed by atoms with Crippen LogP contribution in [-0.4, -0.2) is 30.9 Å². The molecule has 2 amide bonds. The number of halogens is 2. The lowest BCUT2D eigenvalue weighted by atomic mass is 10.1. The van der Waals surface area contributed by atoms with Gasteiger partial charge in [-0.2, -0.15) is 0 Å². The van der Waals surface area contributed by atoms with Crippen LogP contribution in [0.2, 0.25) is 0 Å². The van der Waals surface area contributed by atoms with Crippen LogP contribution in [0.1, 0.15) is 39.1 Å². The van der Waals surface area contributed by atoms with Crippen LogP contribution in [0.4, 0.5) is 10.1 Å². The van der Waals surface area contributed by atoms with Crippen LogP contribution in [-0.2, 0) is 0 Å². The van der Waals surface area contributed by atoms with Gasteiger partial charge >= 0.3 is 0 Å². The maximum Gasteiger partial charge on any atom is 0.258 e. The highest BCUT2D eigenvalue weighted by molar-refractivity contribution is 6.05.